The van der Waals surface area contributed by atoms with Crippen LogP contribution in [-0.4, -0.2) is 39.9 Å². The van der Waals surface area contributed by atoms with E-state index in [0.29, 0.717) is 17.9 Å². The number of methoxy groups -OCH3 is 2. The van der Waals surface area contributed by atoms with Gasteiger partial charge in [0.2, 0.25) is 5.88 Å². The topological polar surface area (TPSA) is 121 Å². The Balaban J connectivity index is 1.55. The van der Waals surface area contributed by atoms with Crippen molar-refractivity contribution in [2.24, 2.45) is 0 Å². The lowest BCUT2D eigenvalue weighted by atomic mass is 9.90. The molecule has 5 rings (SSSR count). The number of aryl methyl sites for hydroxylation is 1. The van der Waals surface area contributed by atoms with Crippen LogP contribution >= 0.6 is 0 Å². The first kappa shape index (κ1) is 23.7. The number of hydrogen-bond acceptors (Lipinski definition) is 6. The van der Waals surface area contributed by atoms with Crippen molar-refractivity contribution < 1.29 is 14.6 Å². The quantitative estimate of drug-likeness (QED) is 0.316. The highest BCUT2D eigenvalue weighted by Gasteiger charge is 2.34. The van der Waals surface area contributed by atoms with Crippen LogP contribution in [0.5, 0.6) is 17.4 Å². The molecule has 0 fully saturated rings. The second-order valence-corrected chi connectivity index (χ2v) is 9.06. The van der Waals surface area contributed by atoms with Gasteiger partial charge in [-0.1, -0.05) is 31.2 Å². The molecule has 0 saturated carbocycles. The normalized spacial score (nSPS) is 17.2. The molecular formula is C27H30N4O5. The third-order valence-electron chi connectivity index (χ3n) is 7.05. The van der Waals surface area contributed by atoms with Crippen LogP contribution in [0, 0.1) is 0 Å². The van der Waals surface area contributed by atoms with Crippen LogP contribution in [0.15, 0.2) is 52.1 Å². The molecule has 0 unspecified atom stereocenters. The largest absolute Gasteiger partial charge is 0.494 e. The van der Waals surface area contributed by atoms with Crippen LogP contribution in [0.2, 0.25) is 0 Å². The van der Waals surface area contributed by atoms with Crippen molar-refractivity contribution in [1.29, 1.82) is 0 Å². The lowest BCUT2D eigenvalue weighted by molar-refractivity contribution is 0.354. The zero-order valence-corrected chi connectivity index (χ0v) is 20.6. The zero-order valence-electron chi connectivity index (χ0n) is 20.6. The molecule has 3 heterocycles. The lowest BCUT2D eigenvalue weighted by Gasteiger charge is -2.31. The van der Waals surface area contributed by atoms with E-state index >= 15 is 0 Å². The number of nitrogens with zero attached hydrogens (tertiary/aromatic N) is 1. The highest BCUT2D eigenvalue weighted by molar-refractivity contribution is 5.85. The molecule has 0 bridgehead atoms. The summed E-state index contributed by atoms with van der Waals surface area (Å²) in [7, 11) is 3.13. The molecule has 0 radical (unpaired) electrons. The minimum atomic E-state index is -0.651. The third kappa shape index (κ3) is 4.05. The van der Waals surface area contributed by atoms with E-state index in [2.05, 4.69) is 28.3 Å². The van der Waals surface area contributed by atoms with Crippen LogP contribution < -0.4 is 26.0 Å². The van der Waals surface area contributed by atoms with E-state index in [4.69, 9.17) is 9.47 Å². The summed E-state index contributed by atoms with van der Waals surface area (Å²) in [6.45, 7) is 2.26. The maximum atomic E-state index is 13.0. The molecule has 188 valence electrons. The van der Waals surface area contributed by atoms with E-state index < -0.39 is 17.3 Å². The van der Waals surface area contributed by atoms with Crippen molar-refractivity contribution in [1.82, 2.24) is 19.9 Å². The van der Waals surface area contributed by atoms with Crippen LogP contribution in [-0.2, 0) is 19.4 Å². The van der Waals surface area contributed by atoms with Crippen molar-refractivity contribution in [2.45, 2.75) is 44.8 Å². The van der Waals surface area contributed by atoms with Crippen molar-refractivity contribution in [3.05, 3.63) is 85.7 Å². The molecule has 0 aliphatic carbocycles. The van der Waals surface area contributed by atoms with E-state index in [1.807, 2.05) is 30.3 Å². The molecule has 9 heteroatoms. The number of fused-ring (bicyclic) bond motifs is 3. The van der Waals surface area contributed by atoms with Gasteiger partial charge in [0.15, 0.2) is 11.5 Å². The minimum absolute atomic E-state index is 0.118. The van der Waals surface area contributed by atoms with Gasteiger partial charge in [0.25, 0.3) is 5.56 Å². The standard InChI is InChI=1S/C27H30N4O5/c1-4-16-14-18-17-7-5-6-8-19(17)29-23(18)24(28-16)22-25(32)30-27(34)31(26(22)33)12-11-15-9-10-20(35-2)21(13-15)36-3/h5-10,13,16,24,28-29,33H,4,11-12,14H2,1-3H3,(H,30,32,34)/t16-,24+/m1/s1. The Morgan fingerprint density at radius 3 is 2.58 bits per heavy atom. The smallest absolute Gasteiger partial charge is 0.331 e. The van der Waals surface area contributed by atoms with Gasteiger partial charge in [-0.3, -0.25) is 14.3 Å². The number of aromatic nitrogens is 3. The second kappa shape index (κ2) is 9.58. The van der Waals surface area contributed by atoms with Crippen LogP contribution in [0.25, 0.3) is 10.9 Å². The Morgan fingerprint density at radius 1 is 1.06 bits per heavy atom. The molecule has 2 atom stereocenters. The average Bonchev–Trinajstić information content (AvgIpc) is 3.26. The fraction of sp³-hybridized carbons (Fsp3) is 0.333. The van der Waals surface area contributed by atoms with Gasteiger partial charge in [0.05, 0.1) is 20.3 Å². The predicted octanol–water partition coefficient (Wildman–Crippen LogP) is 3.00. The maximum Gasteiger partial charge on any atom is 0.331 e. The first-order chi connectivity index (χ1) is 17.4. The third-order valence-corrected chi connectivity index (χ3v) is 7.05. The summed E-state index contributed by atoms with van der Waals surface area (Å²) in [6, 6.07) is 13.1. The number of benzene rings is 2. The highest BCUT2D eigenvalue weighted by Crippen LogP contribution is 2.37. The molecule has 0 saturated heterocycles. The minimum Gasteiger partial charge on any atom is -0.494 e. The molecule has 9 nitrogen and oxygen atoms in total. The highest BCUT2D eigenvalue weighted by atomic mass is 16.5. The Labute approximate surface area is 207 Å². The Hall–Kier alpha value is -3.98. The molecule has 2 aromatic carbocycles. The number of hydrogen-bond donors (Lipinski definition) is 4. The lowest BCUT2D eigenvalue weighted by Crippen LogP contribution is -2.43. The summed E-state index contributed by atoms with van der Waals surface area (Å²) in [5.41, 5.74) is 2.72. The van der Waals surface area contributed by atoms with Crippen molar-refractivity contribution in [2.75, 3.05) is 14.2 Å². The van der Waals surface area contributed by atoms with E-state index in [1.54, 1.807) is 20.3 Å². The zero-order chi connectivity index (χ0) is 25.4. The van der Waals surface area contributed by atoms with E-state index in [9.17, 15) is 14.7 Å². The number of nitrogens with one attached hydrogen (secondary N) is 3. The first-order valence-corrected chi connectivity index (χ1v) is 12.1. The second-order valence-electron chi connectivity index (χ2n) is 9.06. The average molecular weight is 491 g/mol. The van der Waals surface area contributed by atoms with Crippen LogP contribution in [0.3, 0.4) is 0 Å². The SMILES string of the molecule is CC[C@@H]1Cc2c([nH]c3ccccc23)[C@H](c2c(O)n(CCc3ccc(OC)c(OC)c3)c(=O)[nH]c2=O)N1. The number of para-hydroxylation sites is 1. The molecule has 0 spiro atoms. The Morgan fingerprint density at radius 2 is 1.83 bits per heavy atom. The van der Waals surface area contributed by atoms with Gasteiger partial charge < -0.3 is 24.9 Å². The molecule has 4 aromatic rings. The van der Waals surface area contributed by atoms with Crippen molar-refractivity contribution in [3.8, 4) is 17.4 Å². The number of aromatic hydroxyl groups is 1. The Bertz CT molecular complexity index is 1530. The van der Waals surface area contributed by atoms with E-state index in [0.717, 1.165) is 40.6 Å². The van der Waals surface area contributed by atoms with Gasteiger partial charge in [-0.15, -0.1) is 0 Å². The monoisotopic (exact) mass is 490 g/mol. The number of ether oxygens (including phenoxy) is 2. The fourth-order valence-corrected chi connectivity index (χ4v) is 5.12. The summed E-state index contributed by atoms with van der Waals surface area (Å²) in [4.78, 5) is 31.6. The van der Waals surface area contributed by atoms with Gasteiger partial charge in [0.1, 0.15) is 5.56 Å². The van der Waals surface area contributed by atoms with Crippen molar-refractivity contribution in [3.63, 3.8) is 0 Å². The number of aromatic amines is 2. The van der Waals surface area contributed by atoms with Gasteiger partial charge in [0, 0.05) is 29.2 Å². The summed E-state index contributed by atoms with van der Waals surface area (Å²) in [5, 5.41) is 15.9. The van der Waals surface area contributed by atoms with Crippen molar-refractivity contribution >= 4 is 10.9 Å². The van der Waals surface area contributed by atoms with Gasteiger partial charge in [-0.2, -0.15) is 0 Å². The van der Waals surface area contributed by atoms with E-state index in [-0.39, 0.29) is 24.0 Å². The molecular weight excluding hydrogens is 460 g/mol. The van der Waals surface area contributed by atoms with Crippen LogP contribution in [0.4, 0.5) is 0 Å². The molecule has 36 heavy (non-hydrogen) atoms. The first-order valence-electron chi connectivity index (χ1n) is 12.1. The predicted molar refractivity (Wildman–Crippen MR) is 137 cm³/mol. The summed E-state index contributed by atoms with van der Waals surface area (Å²) in [6.07, 6.45) is 2.10. The molecule has 4 N–H and O–H groups in total. The Kier molecular flexibility index (Phi) is 6.32. The van der Waals surface area contributed by atoms with Gasteiger partial charge in [-0.05, 0) is 48.6 Å². The summed E-state index contributed by atoms with van der Waals surface area (Å²) < 4.78 is 11.9. The summed E-state index contributed by atoms with van der Waals surface area (Å²) >= 11 is 0. The molecule has 2 aromatic heterocycles. The number of H-pyrrole nitrogens is 2. The van der Waals surface area contributed by atoms with E-state index in [1.165, 1.54) is 4.57 Å². The molecule has 0 amide bonds. The van der Waals surface area contributed by atoms with Crippen LogP contribution in [0.1, 0.15) is 41.8 Å². The van der Waals surface area contributed by atoms with Gasteiger partial charge in [-0.25, -0.2) is 4.79 Å². The fourth-order valence-electron chi connectivity index (χ4n) is 5.12. The molecule has 1 aliphatic heterocycles. The van der Waals surface area contributed by atoms with Gasteiger partial charge >= 0.3 is 5.69 Å². The summed E-state index contributed by atoms with van der Waals surface area (Å²) in [5.74, 6) is 0.857. The molecule has 1 aliphatic rings. The maximum absolute atomic E-state index is 13.0. The number of rotatable bonds is 7.